The third-order valence-corrected chi connectivity index (χ3v) is 6.60. The highest BCUT2D eigenvalue weighted by molar-refractivity contribution is 5.96. The molecule has 8 nitrogen and oxygen atoms in total. The summed E-state index contributed by atoms with van der Waals surface area (Å²) in [6, 6.07) is 6.46. The summed E-state index contributed by atoms with van der Waals surface area (Å²) in [6.45, 7) is 2.00. The Bertz CT molecular complexity index is 922. The molecule has 1 unspecified atom stereocenters. The molecule has 1 spiro atoms. The van der Waals surface area contributed by atoms with E-state index < -0.39 is 12.1 Å². The van der Waals surface area contributed by atoms with E-state index in [4.69, 9.17) is 9.90 Å². The second-order valence-corrected chi connectivity index (χ2v) is 8.95. The van der Waals surface area contributed by atoms with Crippen molar-refractivity contribution in [2.45, 2.75) is 49.9 Å². The van der Waals surface area contributed by atoms with Gasteiger partial charge in [-0.15, -0.1) is 0 Å². The fraction of sp³-hybridized carbons (Fsp3) is 0.591. The van der Waals surface area contributed by atoms with Gasteiger partial charge in [0.25, 0.3) is 0 Å². The van der Waals surface area contributed by atoms with E-state index in [9.17, 15) is 27.2 Å². The minimum atomic E-state index is -5.08. The smallest absolute Gasteiger partial charge is 0.475 e. The highest BCUT2D eigenvalue weighted by Crippen LogP contribution is 2.33. The molecule has 3 aliphatic rings. The summed E-state index contributed by atoms with van der Waals surface area (Å²) in [6.07, 6.45) is 0.213. The molecule has 0 aromatic heterocycles. The zero-order chi connectivity index (χ0) is 25.1. The van der Waals surface area contributed by atoms with Crippen LogP contribution in [0.4, 0.5) is 28.0 Å². The average Bonchev–Trinajstić information content (AvgIpc) is 3.41. The van der Waals surface area contributed by atoms with Gasteiger partial charge in [-0.3, -0.25) is 9.69 Å². The number of nitrogens with one attached hydrogen (secondary N) is 1. The number of urea groups is 1. The summed E-state index contributed by atoms with van der Waals surface area (Å²) in [5.74, 6) is -3.15. The van der Waals surface area contributed by atoms with E-state index in [0.717, 1.165) is 19.3 Å². The topological polar surface area (TPSA) is 93.2 Å². The number of carboxylic acid groups (broad SMARTS) is 1. The molecule has 1 saturated carbocycles. The summed E-state index contributed by atoms with van der Waals surface area (Å²) < 4.78 is 45.4. The Labute approximate surface area is 194 Å². The van der Waals surface area contributed by atoms with E-state index in [1.807, 2.05) is 11.9 Å². The van der Waals surface area contributed by atoms with Gasteiger partial charge in [-0.1, -0.05) is 18.9 Å². The fourth-order valence-corrected chi connectivity index (χ4v) is 4.64. The Balaban J connectivity index is 0.000000406. The number of benzene rings is 1. The number of amides is 3. The number of hydrogen-bond acceptors (Lipinski definition) is 4. The molecule has 0 bridgehead atoms. The van der Waals surface area contributed by atoms with Gasteiger partial charge in [0.1, 0.15) is 5.82 Å². The lowest BCUT2D eigenvalue weighted by molar-refractivity contribution is -0.192. The molecule has 2 heterocycles. The normalized spacial score (nSPS) is 23.7. The first-order valence-corrected chi connectivity index (χ1v) is 11.0. The van der Waals surface area contributed by atoms with E-state index in [0.29, 0.717) is 31.4 Å². The van der Waals surface area contributed by atoms with Crippen molar-refractivity contribution in [3.63, 3.8) is 0 Å². The van der Waals surface area contributed by atoms with E-state index in [-0.39, 0.29) is 29.8 Å². The number of likely N-dealkylation sites (N-methyl/N-ethyl adjacent to an activating group) is 1. The number of alkyl halides is 3. The maximum atomic E-state index is 13.6. The van der Waals surface area contributed by atoms with Crippen LogP contribution in [0.25, 0.3) is 0 Å². The molecular formula is C22H28F4N4O4. The number of carbonyl (C=O) groups is 3. The number of likely N-dealkylation sites (tertiary alicyclic amines) is 1. The van der Waals surface area contributed by atoms with Gasteiger partial charge in [-0.2, -0.15) is 13.2 Å². The lowest BCUT2D eigenvalue weighted by atomic mass is 9.92. The van der Waals surface area contributed by atoms with Crippen molar-refractivity contribution in [3.8, 4) is 0 Å². The molecule has 2 aliphatic heterocycles. The molecule has 1 aliphatic carbocycles. The summed E-state index contributed by atoms with van der Waals surface area (Å²) in [5, 5.41) is 10.3. The van der Waals surface area contributed by atoms with Gasteiger partial charge in [-0.25, -0.2) is 14.0 Å². The Hall–Kier alpha value is -2.89. The number of piperazine rings is 1. The Kier molecular flexibility index (Phi) is 7.69. The van der Waals surface area contributed by atoms with E-state index in [1.165, 1.54) is 25.0 Å². The van der Waals surface area contributed by atoms with Gasteiger partial charge >= 0.3 is 18.2 Å². The minimum Gasteiger partial charge on any atom is -0.475 e. The van der Waals surface area contributed by atoms with Crippen molar-refractivity contribution in [1.29, 1.82) is 0 Å². The van der Waals surface area contributed by atoms with Crippen molar-refractivity contribution in [2.75, 3.05) is 38.1 Å². The van der Waals surface area contributed by atoms with Crippen LogP contribution in [0.2, 0.25) is 0 Å². The van der Waals surface area contributed by atoms with Crippen molar-refractivity contribution in [2.24, 2.45) is 0 Å². The van der Waals surface area contributed by atoms with Gasteiger partial charge in [0.2, 0.25) is 5.91 Å². The number of halogens is 4. The van der Waals surface area contributed by atoms with Crippen LogP contribution in [0.1, 0.15) is 32.1 Å². The Morgan fingerprint density at radius 3 is 2.41 bits per heavy atom. The molecule has 1 atom stereocenters. The summed E-state index contributed by atoms with van der Waals surface area (Å²) in [5.41, 5.74) is 0.300. The number of hydrogen-bond donors (Lipinski definition) is 2. The number of aliphatic carboxylic acids is 1. The number of anilines is 1. The highest BCUT2D eigenvalue weighted by Gasteiger charge is 2.49. The molecule has 3 fully saturated rings. The van der Waals surface area contributed by atoms with Gasteiger partial charge in [0, 0.05) is 31.4 Å². The third-order valence-electron chi connectivity index (χ3n) is 6.60. The maximum Gasteiger partial charge on any atom is 0.490 e. The number of carboxylic acids is 1. The zero-order valence-corrected chi connectivity index (χ0v) is 18.8. The van der Waals surface area contributed by atoms with Gasteiger partial charge in [0.15, 0.2) is 0 Å². The standard InChI is InChI=1S/C20H27FN4O2.C2HF3O2/c1-23-12-18(26)25(17-8-4-5-15(21)11-17)14-20(23)9-10-24(13-20)19(27)22-16-6-2-3-7-16;3-2(4,5)1(6)7/h4-5,8,11,16H,2-3,6-7,9-10,12-14H2,1H3,(H,22,27);(H,6,7). The second kappa shape index (κ2) is 10.2. The van der Waals surface area contributed by atoms with Crippen LogP contribution in [0.5, 0.6) is 0 Å². The first-order chi connectivity index (χ1) is 15.9. The quantitative estimate of drug-likeness (QED) is 0.625. The molecule has 4 rings (SSSR count). The molecule has 0 radical (unpaired) electrons. The summed E-state index contributed by atoms with van der Waals surface area (Å²) in [4.78, 5) is 39.7. The van der Waals surface area contributed by atoms with Crippen molar-refractivity contribution in [3.05, 3.63) is 30.1 Å². The van der Waals surface area contributed by atoms with Crippen molar-refractivity contribution < 1.29 is 37.1 Å². The second-order valence-electron chi connectivity index (χ2n) is 8.95. The molecule has 1 aromatic carbocycles. The molecule has 2 saturated heterocycles. The summed E-state index contributed by atoms with van der Waals surface area (Å²) >= 11 is 0. The lowest BCUT2D eigenvalue weighted by Gasteiger charge is -2.46. The van der Waals surface area contributed by atoms with Crippen LogP contribution >= 0.6 is 0 Å². The minimum absolute atomic E-state index is 0.00128. The van der Waals surface area contributed by atoms with Crippen LogP contribution < -0.4 is 10.2 Å². The first kappa shape index (κ1) is 25.7. The maximum absolute atomic E-state index is 13.6. The molecule has 12 heteroatoms. The molecule has 34 heavy (non-hydrogen) atoms. The van der Waals surface area contributed by atoms with Crippen LogP contribution in [-0.4, -0.2) is 83.8 Å². The number of carbonyl (C=O) groups excluding carboxylic acids is 2. The van der Waals surface area contributed by atoms with Crippen molar-refractivity contribution >= 4 is 23.6 Å². The predicted molar refractivity (Wildman–Crippen MR) is 115 cm³/mol. The number of rotatable bonds is 2. The number of nitrogens with zero attached hydrogens (tertiary/aromatic N) is 3. The summed E-state index contributed by atoms with van der Waals surface area (Å²) in [7, 11) is 1.94. The first-order valence-electron chi connectivity index (χ1n) is 11.0. The fourth-order valence-electron chi connectivity index (χ4n) is 4.64. The predicted octanol–water partition coefficient (Wildman–Crippen LogP) is 2.83. The lowest BCUT2D eigenvalue weighted by Crippen LogP contribution is -2.64. The van der Waals surface area contributed by atoms with E-state index in [2.05, 4.69) is 10.2 Å². The average molecular weight is 488 g/mol. The van der Waals surface area contributed by atoms with Crippen LogP contribution in [0.15, 0.2) is 24.3 Å². The van der Waals surface area contributed by atoms with Crippen LogP contribution in [-0.2, 0) is 9.59 Å². The largest absolute Gasteiger partial charge is 0.490 e. The molecule has 188 valence electrons. The van der Waals surface area contributed by atoms with Crippen LogP contribution in [0, 0.1) is 5.82 Å². The molecule has 1 aromatic rings. The van der Waals surface area contributed by atoms with E-state index >= 15 is 0 Å². The van der Waals surface area contributed by atoms with Crippen molar-refractivity contribution in [1.82, 2.24) is 15.1 Å². The molecule has 2 N–H and O–H groups in total. The zero-order valence-electron chi connectivity index (χ0n) is 18.8. The third kappa shape index (κ3) is 5.96. The van der Waals surface area contributed by atoms with E-state index in [1.54, 1.807) is 17.0 Å². The van der Waals surface area contributed by atoms with Gasteiger partial charge < -0.3 is 20.2 Å². The SMILES string of the molecule is CN1CC(=O)N(c2cccc(F)c2)CC12CCN(C(=O)NC1CCCC1)C2.O=C(O)C(F)(F)F. The van der Waals surface area contributed by atoms with Gasteiger partial charge in [0.05, 0.1) is 12.1 Å². The monoisotopic (exact) mass is 488 g/mol. The highest BCUT2D eigenvalue weighted by atomic mass is 19.4. The molecule has 3 amide bonds. The van der Waals surface area contributed by atoms with Crippen LogP contribution in [0.3, 0.4) is 0 Å². The Morgan fingerprint density at radius 2 is 1.82 bits per heavy atom. The molecular weight excluding hydrogens is 460 g/mol. The van der Waals surface area contributed by atoms with Gasteiger partial charge in [-0.05, 0) is 44.5 Å². The Morgan fingerprint density at radius 1 is 1.18 bits per heavy atom.